The van der Waals surface area contributed by atoms with Gasteiger partial charge in [-0.15, -0.1) is 0 Å². The topological polar surface area (TPSA) is 79.3 Å². The molecule has 0 unspecified atom stereocenters. The number of hydrogen-bond acceptors (Lipinski definition) is 3. The maximum Gasteiger partial charge on any atom is 0.311 e. The van der Waals surface area contributed by atoms with Crippen molar-refractivity contribution < 1.29 is 14.7 Å². The quantitative estimate of drug-likeness (QED) is 0.867. The number of nitrogens with zero attached hydrogens (tertiary/aromatic N) is 1. The summed E-state index contributed by atoms with van der Waals surface area (Å²) in [4.78, 5) is 27.2. The number of nitrogens with one attached hydrogen (secondary N) is 1. The van der Waals surface area contributed by atoms with Crippen LogP contribution >= 0.6 is 0 Å². The van der Waals surface area contributed by atoms with Crippen LogP contribution in [0.25, 0.3) is 0 Å². The Bertz CT molecular complexity index is 453. The number of carbonyl (C=O) groups excluding carboxylic acids is 1. The number of carboxylic acid groups (broad SMARTS) is 1. The van der Waals surface area contributed by atoms with Crippen LogP contribution in [0.15, 0.2) is 24.5 Å². The molecule has 1 aliphatic carbocycles. The van der Waals surface area contributed by atoms with Gasteiger partial charge in [0.25, 0.3) is 5.91 Å². The second kappa shape index (κ2) is 5.82. The molecule has 1 fully saturated rings. The van der Waals surface area contributed by atoms with Gasteiger partial charge in [-0.25, -0.2) is 0 Å². The van der Waals surface area contributed by atoms with E-state index in [9.17, 15) is 14.7 Å². The third-order valence-corrected chi connectivity index (χ3v) is 3.78. The molecule has 1 aromatic rings. The molecule has 0 aromatic carbocycles. The fourth-order valence-corrected chi connectivity index (χ4v) is 2.54. The van der Waals surface area contributed by atoms with E-state index < -0.39 is 11.4 Å². The number of aromatic nitrogens is 1. The molecule has 0 saturated heterocycles. The van der Waals surface area contributed by atoms with Crippen LogP contribution in [0.3, 0.4) is 0 Å². The summed E-state index contributed by atoms with van der Waals surface area (Å²) in [5, 5.41) is 12.1. The van der Waals surface area contributed by atoms with Crippen molar-refractivity contribution in [3.63, 3.8) is 0 Å². The molecule has 102 valence electrons. The van der Waals surface area contributed by atoms with Gasteiger partial charge in [0, 0.05) is 18.9 Å². The Morgan fingerprint density at radius 3 is 2.63 bits per heavy atom. The summed E-state index contributed by atoms with van der Waals surface area (Å²) in [5.41, 5.74) is -0.338. The highest BCUT2D eigenvalue weighted by Crippen LogP contribution is 2.36. The number of hydrogen-bond donors (Lipinski definition) is 2. The van der Waals surface area contributed by atoms with E-state index in [0.29, 0.717) is 18.4 Å². The molecule has 1 heterocycles. The van der Waals surface area contributed by atoms with Gasteiger partial charge in [-0.3, -0.25) is 14.6 Å². The number of aliphatic carboxylic acids is 1. The molecule has 0 bridgehead atoms. The van der Waals surface area contributed by atoms with E-state index in [0.717, 1.165) is 19.3 Å². The number of carboxylic acids is 1. The molecule has 0 aliphatic heterocycles. The molecule has 0 spiro atoms. The number of amides is 1. The average Bonchev–Trinajstić information content (AvgIpc) is 2.46. The molecular formula is C14H18N2O3. The summed E-state index contributed by atoms with van der Waals surface area (Å²) in [5.74, 6) is -1.07. The molecule has 2 N–H and O–H groups in total. The molecule has 19 heavy (non-hydrogen) atoms. The minimum absolute atomic E-state index is 0.191. The fourth-order valence-electron chi connectivity index (χ4n) is 2.54. The van der Waals surface area contributed by atoms with Gasteiger partial charge in [0.1, 0.15) is 0 Å². The zero-order valence-corrected chi connectivity index (χ0v) is 10.8. The fraction of sp³-hybridized carbons (Fsp3) is 0.500. The summed E-state index contributed by atoms with van der Waals surface area (Å²) in [6, 6.07) is 3.35. The van der Waals surface area contributed by atoms with E-state index in [2.05, 4.69) is 10.3 Å². The van der Waals surface area contributed by atoms with E-state index in [1.54, 1.807) is 18.3 Å². The lowest BCUT2D eigenvalue weighted by Gasteiger charge is -2.33. The molecule has 0 atom stereocenters. The molecular weight excluding hydrogens is 244 g/mol. The summed E-state index contributed by atoms with van der Waals surface area (Å²) in [6.07, 6.45) is 7.24. The highest BCUT2D eigenvalue weighted by Gasteiger charge is 2.39. The molecule has 5 nitrogen and oxygen atoms in total. The van der Waals surface area contributed by atoms with Crippen molar-refractivity contribution in [3.8, 4) is 0 Å². The second-order valence-electron chi connectivity index (χ2n) is 5.07. The van der Waals surface area contributed by atoms with Crippen LogP contribution in [0.2, 0.25) is 0 Å². The molecule has 0 radical (unpaired) electrons. The van der Waals surface area contributed by atoms with Gasteiger partial charge in [0.15, 0.2) is 0 Å². The normalized spacial score (nSPS) is 17.7. The first-order chi connectivity index (χ1) is 9.14. The Balaban J connectivity index is 2.00. The molecule has 2 rings (SSSR count). The van der Waals surface area contributed by atoms with E-state index in [1.807, 2.05) is 0 Å². The largest absolute Gasteiger partial charge is 0.481 e. The maximum atomic E-state index is 11.9. The Kier molecular flexibility index (Phi) is 4.14. The predicted molar refractivity (Wildman–Crippen MR) is 69.7 cm³/mol. The minimum atomic E-state index is -0.807. The number of pyridine rings is 1. The van der Waals surface area contributed by atoms with Crippen LogP contribution in [0.5, 0.6) is 0 Å². The van der Waals surface area contributed by atoms with Crippen molar-refractivity contribution in [1.82, 2.24) is 10.3 Å². The van der Waals surface area contributed by atoms with Gasteiger partial charge in [-0.1, -0.05) is 19.3 Å². The lowest BCUT2D eigenvalue weighted by Crippen LogP contribution is -2.44. The summed E-state index contributed by atoms with van der Waals surface area (Å²) < 4.78 is 0. The third-order valence-electron chi connectivity index (χ3n) is 3.78. The van der Waals surface area contributed by atoms with Crippen LogP contribution in [0.1, 0.15) is 42.5 Å². The number of carbonyl (C=O) groups is 2. The van der Waals surface area contributed by atoms with Gasteiger partial charge >= 0.3 is 5.97 Å². The third kappa shape index (κ3) is 3.10. The van der Waals surface area contributed by atoms with E-state index in [1.165, 1.54) is 6.20 Å². The second-order valence-corrected chi connectivity index (χ2v) is 5.07. The van der Waals surface area contributed by atoms with Crippen LogP contribution in [0.4, 0.5) is 0 Å². The van der Waals surface area contributed by atoms with Crippen LogP contribution in [-0.4, -0.2) is 28.5 Å². The predicted octanol–water partition coefficient (Wildman–Crippen LogP) is 1.85. The van der Waals surface area contributed by atoms with Crippen molar-refractivity contribution in [2.45, 2.75) is 32.1 Å². The Labute approximate surface area is 112 Å². The van der Waals surface area contributed by atoms with Crippen molar-refractivity contribution in [2.75, 3.05) is 6.54 Å². The van der Waals surface area contributed by atoms with Crippen LogP contribution in [-0.2, 0) is 4.79 Å². The van der Waals surface area contributed by atoms with Gasteiger partial charge in [0.2, 0.25) is 0 Å². The van der Waals surface area contributed by atoms with E-state index >= 15 is 0 Å². The molecule has 1 amide bonds. The van der Waals surface area contributed by atoms with Gasteiger partial charge in [-0.2, -0.15) is 0 Å². The highest BCUT2D eigenvalue weighted by atomic mass is 16.4. The molecule has 1 aromatic heterocycles. The first-order valence-electron chi connectivity index (χ1n) is 6.56. The SMILES string of the molecule is O=C(NCC1(C(=O)O)CCCCC1)c1cccnc1. The summed E-state index contributed by atoms with van der Waals surface area (Å²) >= 11 is 0. The zero-order valence-electron chi connectivity index (χ0n) is 10.8. The highest BCUT2D eigenvalue weighted by molar-refractivity contribution is 5.94. The van der Waals surface area contributed by atoms with E-state index in [-0.39, 0.29) is 12.5 Å². The smallest absolute Gasteiger partial charge is 0.311 e. The van der Waals surface area contributed by atoms with Crippen molar-refractivity contribution in [2.24, 2.45) is 5.41 Å². The zero-order chi connectivity index (χ0) is 13.7. The minimum Gasteiger partial charge on any atom is -0.481 e. The van der Waals surface area contributed by atoms with Crippen molar-refractivity contribution in [1.29, 1.82) is 0 Å². The Morgan fingerprint density at radius 1 is 1.32 bits per heavy atom. The van der Waals surface area contributed by atoms with Crippen LogP contribution < -0.4 is 5.32 Å². The monoisotopic (exact) mass is 262 g/mol. The first kappa shape index (κ1) is 13.5. The van der Waals surface area contributed by atoms with Crippen LogP contribution in [0, 0.1) is 5.41 Å². The maximum absolute atomic E-state index is 11.9. The molecule has 1 saturated carbocycles. The standard InChI is InChI=1S/C14H18N2O3/c17-12(11-5-4-8-15-9-11)16-10-14(13(18)19)6-2-1-3-7-14/h4-5,8-9H,1-3,6-7,10H2,(H,16,17)(H,18,19). The summed E-state index contributed by atoms with van der Waals surface area (Å²) in [6.45, 7) is 0.191. The average molecular weight is 262 g/mol. The van der Waals surface area contributed by atoms with Crippen molar-refractivity contribution >= 4 is 11.9 Å². The first-order valence-corrected chi connectivity index (χ1v) is 6.56. The Hall–Kier alpha value is -1.91. The summed E-state index contributed by atoms with van der Waals surface area (Å²) in [7, 11) is 0. The van der Waals surface area contributed by atoms with Gasteiger partial charge in [0.05, 0.1) is 11.0 Å². The lowest BCUT2D eigenvalue weighted by molar-refractivity contribution is -0.150. The Morgan fingerprint density at radius 2 is 2.05 bits per heavy atom. The van der Waals surface area contributed by atoms with Crippen molar-refractivity contribution in [3.05, 3.63) is 30.1 Å². The van der Waals surface area contributed by atoms with Gasteiger partial charge in [-0.05, 0) is 25.0 Å². The van der Waals surface area contributed by atoms with Gasteiger partial charge < -0.3 is 10.4 Å². The molecule has 1 aliphatic rings. The lowest BCUT2D eigenvalue weighted by atomic mass is 9.74. The molecule has 5 heteroatoms. The number of rotatable bonds is 4. The van der Waals surface area contributed by atoms with E-state index in [4.69, 9.17) is 0 Å².